The molecule has 6 nitrogen and oxygen atoms in total. The van der Waals surface area contributed by atoms with Crippen molar-refractivity contribution in [3.63, 3.8) is 0 Å². The monoisotopic (exact) mass is 390 g/mol. The van der Waals surface area contributed by atoms with E-state index in [9.17, 15) is 4.79 Å². The molecule has 3 aromatic carbocycles. The van der Waals surface area contributed by atoms with Gasteiger partial charge in [0.05, 0.1) is 10.7 Å². The lowest BCUT2D eigenvalue weighted by atomic mass is 10.2. The summed E-state index contributed by atoms with van der Waals surface area (Å²) in [5.74, 6) is 0.805. The highest BCUT2D eigenvalue weighted by molar-refractivity contribution is 6.33. The summed E-state index contributed by atoms with van der Waals surface area (Å²) in [5, 5.41) is 14.1. The first kappa shape index (κ1) is 17.8. The van der Waals surface area contributed by atoms with Gasteiger partial charge in [-0.25, -0.2) is 4.79 Å². The van der Waals surface area contributed by atoms with Crippen LogP contribution < -0.4 is 10.6 Å². The maximum Gasteiger partial charge on any atom is 0.323 e. The van der Waals surface area contributed by atoms with Crippen LogP contribution >= 0.6 is 11.6 Å². The average Bonchev–Trinajstić information content (AvgIpc) is 3.21. The SMILES string of the molecule is O=C(Nc1cccc(-c2nnc(-c3ccccc3)o2)c1)Nc1ccccc1Cl. The summed E-state index contributed by atoms with van der Waals surface area (Å²) in [6.07, 6.45) is 0. The third kappa shape index (κ3) is 4.02. The van der Waals surface area contributed by atoms with E-state index >= 15 is 0 Å². The first-order valence-corrected chi connectivity index (χ1v) is 8.89. The molecule has 0 bridgehead atoms. The molecule has 0 aliphatic heterocycles. The Kier molecular flexibility index (Phi) is 5.03. The van der Waals surface area contributed by atoms with E-state index < -0.39 is 6.03 Å². The highest BCUT2D eigenvalue weighted by Crippen LogP contribution is 2.26. The first-order valence-electron chi connectivity index (χ1n) is 8.51. The van der Waals surface area contributed by atoms with Gasteiger partial charge in [0, 0.05) is 16.8 Å². The molecule has 0 unspecified atom stereocenters. The van der Waals surface area contributed by atoms with Gasteiger partial charge < -0.3 is 15.1 Å². The maximum atomic E-state index is 12.2. The number of benzene rings is 3. The number of aromatic nitrogens is 2. The molecular weight excluding hydrogens is 376 g/mol. The summed E-state index contributed by atoms with van der Waals surface area (Å²) in [4.78, 5) is 12.2. The number of hydrogen-bond acceptors (Lipinski definition) is 4. The standard InChI is InChI=1S/C21H15ClN4O2/c22-17-11-4-5-12-18(17)24-21(27)23-16-10-6-9-15(13-16)20-26-25-19(28-20)14-7-2-1-3-8-14/h1-13H,(H2,23,24,27). The second-order valence-corrected chi connectivity index (χ2v) is 6.33. The lowest BCUT2D eigenvalue weighted by molar-refractivity contribution is 0.262. The number of halogens is 1. The predicted octanol–water partition coefficient (Wildman–Crippen LogP) is 5.70. The van der Waals surface area contributed by atoms with Crippen molar-refractivity contribution in [2.75, 3.05) is 10.6 Å². The normalized spacial score (nSPS) is 10.5. The van der Waals surface area contributed by atoms with Crippen LogP contribution in [0.1, 0.15) is 0 Å². The quantitative estimate of drug-likeness (QED) is 0.468. The third-order valence-electron chi connectivity index (χ3n) is 3.94. The minimum absolute atomic E-state index is 0.369. The molecule has 1 heterocycles. The van der Waals surface area contributed by atoms with Gasteiger partial charge in [-0.15, -0.1) is 10.2 Å². The second-order valence-electron chi connectivity index (χ2n) is 5.92. The molecule has 4 rings (SSSR count). The summed E-state index contributed by atoms with van der Waals surface area (Å²) in [6.45, 7) is 0. The maximum absolute atomic E-state index is 12.2. The molecule has 1 aromatic heterocycles. The third-order valence-corrected chi connectivity index (χ3v) is 4.26. The number of hydrogen-bond donors (Lipinski definition) is 2. The number of rotatable bonds is 4. The van der Waals surface area contributed by atoms with Gasteiger partial charge in [0.25, 0.3) is 0 Å². The van der Waals surface area contributed by atoms with Gasteiger partial charge in [-0.05, 0) is 42.5 Å². The molecule has 28 heavy (non-hydrogen) atoms. The van der Waals surface area contributed by atoms with Gasteiger partial charge in [-0.3, -0.25) is 0 Å². The summed E-state index contributed by atoms with van der Waals surface area (Å²) < 4.78 is 5.76. The topological polar surface area (TPSA) is 80.1 Å². The van der Waals surface area contributed by atoms with E-state index in [4.69, 9.17) is 16.0 Å². The van der Waals surface area contributed by atoms with Crippen molar-refractivity contribution in [3.8, 4) is 22.9 Å². The Morgan fingerprint density at radius 1 is 0.786 bits per heavy atom. The van der Waals surface area contributed by atoms with Crippen molar-refractivity contribution in [2.24, 2.45) is 0 Å². The zero-order chi connectivity index (χ0) is 19.3. The number of carbonyl (C=O) groups is 1. The van der Waals surface area contributed by atoms with Crippen LogP contribution in [0.4, 0.5) is 16.2 Å². The van der Waals surface area contributed by atoms with Crippen molar-refractivity contribution >= 4 is 29.0 Å². The van der Waals surface area contributed by atoms with E-state index in [2.05, 4.69) is 20.8 Å². The zero-order valence-corrected chi connectivity index (χ0v) is 15.4. The van der Waals surface area contributed by atoms with Crippen LogP contribution in [0.2, 0.25) is 5.02 Å². The lowest BCUT2D eigenvalue weighted by Gasteiger charge is -2.09. The molecular formula is C21H15ClN4O2. The van der Waals surface area contributed by atoms with Gasteiger partial charge in [-0.2, -0.15) is 0 Å². The van der Waals surface area contributed by atoms with Crippen molar-refractivity contribution in [2.45, 2.75) is 0 Å². The lowest BCUT2D eigenvalue weighted by Crippen LogP contribution is -2.19. The molecule has 0 spiro atoms. The fourth-order valence-corrected chi connectivity index (χ4v) is 2.80. The molecule has 2 amide bonds. The second kappa shape index (κ2) is 7.94. The highest BCUT2D eigenvalue weighted by atomic mass is 35.5. The number of nitrogens with zero attached hydrogens (tertiary/aromatic N) is 2. The molecule has 138 valence electrons. The number of urea groups is 1. The van der Waals surface area contributed by atoms with E-state index in [1.165, 1.54) is 0 Å². The number of nitrogens with one attached hydrogen (secondary N) is 2. The number of anilines is 2. The van der Waals surface area contributed by atoms with Gasteiger partial charge in [0.1, 0.15) is 0 Å². The Bertz CT molecular complexity index is 1110. The number of amides is 2. The first-order chi connectivity index (χ1) is 13.7. The Balaban J connectivity index is 1.50. The molecule has 0 aliphatic carbocycles. The van der Waals surface area contributed by atoms with Gasteiger partial charge in [0.2, 0.25) is 11.8 Å². The smallest absolute Gasteiger partial charge is 0.323 e. The molecule has 0 saturated heterocycles. The Morgan fingerprint density at radius 2 is 1.46 bits per heavy atom. The molecule has 7 heteroatoms. The zero-order valence-electron chi connectivity index (χ0n) is 14.6. The molecule has 0 saturated carbocycles. The van der Waals surface area contributed by atoms with Crippen molar-refractivity contribution in [3.05, 3.63) is 83.9 Å². The fourth-order valence-electron chi connectivity index (χ4n) is 2.61. The number of carbonyl (C=O) groups excluding carboxylic acids is 1. The van der Waals surface area contributed by atoms with E-state index in [-0.39, 0.29) is 0 Å². The van der Waals surface area contributed by atoms with Crippen LogP contribution in [0.15, 0.2) is 83.3 Å². The molecule has 0 aliphatic rings. The molecule has 0 atom stereocenters. The number of para-hydroxylation sites is 1. The summed E-state index contributed by atoms with van der Waals surface area (Å²) in [6, 6.07) is 23.3. The average molecular weight is 391 g/mol. The molecule has 2 N–H and O–H groups in total. The van der Waals surface area contributed by atoms with Crippen LogP contribution in [0.25, 0.3) is 22.9 Å². The predicted molar refractivity (Wildman–Crippen MR) is 109 cm³/mol. The summed E-state index contributed by atoms with van der Waals surface area (Å²) >= 11 is 6.06. The minimum atomic E-state index is -0.402. The van der Waals surface area contributed by atoms with E-state index in [0.29, 0.717) is 33.7 Å². The Labute approximate surface area is 166 Å². The highest BCUT2D eigenvalue weighted by Gasteiger charge is 2.11. The fraction of sp³-hybridized carbons (Fsp3) is 0. The van der Waals surface area contributed by atoms with Gasteiger partial charge >= 0.3 is 6.03 Å². The van der Waals surface area contributed by atoms with Crippen molar-refractivity contribution in [1.29, 1.82) is 0 Å². The van der Waals surface area contributed by atoms with E-state index in [0.717, 1.165) is 5.56 Å². The van der Waals surface area contributed by atoms with Crippen molar-refractivity contribution < 1.29 is 9.21 Å². The van der Waals surface area contributed by atoms with Gasteiger partial charge in [-0.1, -0.05) is 48.0 Å². The largest absolute Gasteiger partial charge is 0.416 e. The van der Waals surface area contributed by atoms with Crippen LogP contribution in [0.5, 0.6) is 0 Å². The Morgan fingerprint density at radius 3 is 2.25 bits per heavy atom. The van der Waals surface area contributed by atoms with Gasteiger partial charge in [0.15, 0.2) is 0 Å². The molecule has 4 aromatic rings. The summed E-state index contributed by atoms with van der Waals surface area (Å²) in [5.41, 5.74) is 2.66. The molecule has 0 radical (unpaired) electrons. The molecule has 0 fully saturated rings. The van der Waals surface area contributed by atoms with E-state index in [1.54, 1.807) is 42.5 Å². The van der Waals surface area contributed by atoms with Crippen LogP contribution in [-0.2, 0) is 0 Å². The van der Waals surface area contributed by atoms with Crippen LogP contribution in [0, 0.1) is 0 Å². The Hall–Kier alpha value is -3.64. The minimum Gasteiger partial charge on any atom is -0.416 e. The van der Waals surface area contributed by atoms with Crippen LogP contribution in [0.3, 0.4) is 0 Å². The van der Waals surface area contributed by atoms with E-state index in [1.807, 2.05) is 36.4 Å². The van der Waals surface area contributed by atoms with Crippen LogP contribution in [-0.4, -0.2) is 16.2 Å². The van der Waals surface area contributed by atoms with Crippen molar-refractivity contribution in [1.82, 2.24) is 10.2 Å². The summed E-state index contributed by atoms with van der Waals surface area (Å²) in [7, 11) is 0.